The summed E-state index contributed by atoms with van der Waals surface area (Å²) in [6, 6.07) is 4.45. The van der Waals surface area contributed by atoms with Crippen molar-refractivity contribution in [2.75, 3.05) is 26.8 Å². The summed E-state index contributed by atoms with van der Waals surface area (Å²) in [5, 5.41) is 0.626. The zero-order chi connectivity index (χ0) is 14.1. The molecule has 1 aromatic carbocycles. The maximum atomic E-state index is 6.27. The third-order valence-electron chi connectivity index (χ3n) is 4.06. The molecule has 1 aliphatic carbocycles. The van der Waals surface area contributed by atoms with E-state index in [0.29, 0.717) is 36.6 Å². The Morgan fingerprint density at radius 1 is 1.33 bits per heavy atom. The second-order valence-corrected chi connectivity index (χ2v) is 6.06. The molecule has 0 aromatic heterocycles. The van der Waals surface area contributed by atoms with Crippen LogP contribution < -0.4 is 15.2 Å². The molecule has 1 aromatic rings. The van der Waals surface area contributed by atoms with Crippen molar-refractivity contribution in [1.82, 2.24) is 4.90 Å². The number of hydrogen-bond acceptors (Lipinski definition) is 4. The first kappa shape index (κ1) is 16.7. The summed E-state index contributed by atoms with van der Waals surface area (Å²) < 4.78 is 11.2. The predicted octanol–water partition coefficient (Wildman–Crippen LogP) is 2.70. The van der Waals surface area contributed by atoms with Crippen LogP contribution in [0.2, 0.25) is 5.02 Å². The van der Waals surface area contributed by atoms with Gasteiger partial charge in [0.2, 0.25) is 0 Å². The van der Waals surface area contributed by atoms with E-state index in [9.17, 15) is 0 Å². The van der Waals surface area contributed by atoms with Crippen LogP contribution in [-0.2, 0) is 6.54 Å². The molecule has 4 nitrogen and oxygen atoms in total. The van der Waals surface area contributed by atoms with Gasteiger partial charge in [-0.15, -0.1) is 12.4 Å². The number of nitrogens with zero attached hydrogens (tertiary/aromatic N) is 1. The van der Waals surface area contributed by atoms with Gasteiger partial charge in [0.05, 0.1) is 5.02 Å². The fourth-order valence-electron chi connectivity index (χ4n) is 2.87. The van der Waals surface area contributed by atoms with E-state index < -0.39 is 0 Å². The predicted molar refractivity (Wildman–Crippen MR) is 86.7 cm³/mol. The first-order valence-corrected chi connectivity index (χ1v) is 7.55. The molecule has 6 heteroatoms. The molecule has 0 radical (unpaired) electrons. The SMILES string of the molecule is CN(Cc1cc(Cl)c2c(c1)OCCO2)C(CN)C1CC1.Cl. The monoisotopic (exact) mass is 332 g/mol. The summed E-state index contributed by atoms with van der Waals surface area (Å²) in [7, 11) is 2.13. The summed E-state index contributed by atoms with van der Waals surface area (Å²) in [6.07, 6.45) is 2.60. The zero-order valence-corrected chi connectivity index (χ0v) is 13.8. The number of hydrogen-bond donors (Lipinski definition) is 1. The van der Waals surface area contributed by atoms with Gasteiger partial charge in [-0.1, -0.05) is 11.6 Å². The van der Waals surface area contributed by atoms with Crippen LogP contribution >= 0.6 is 24.0 Å². The third-order valence-corrected chi connectivity index (χ3v) is 4.34. The Labute approximate surface area is 136 Å². The van der Waals surface area contributed by atoms with Crippen LogP contribution in [0.3, 0.4) is 0 Å². The average molecular weight is 333 g/mol. The van der Waals surface area contributed by atoms with Gasteiger partial charge in [0, 0.05) is 19.1 Å². The minimum absolute atomic E-state index is 0. The van der Waals surface area contributed by atoms with E-state index in [1.54, 1.807) is 0 Å². The van der Waals surface area contributed by atoms with Gasteiger partial charge in [-0.05, 0) is 43.5 Å². The standard InChI is InChI=1S/C15H21ClN2O2.ClH/c1-18(13(8-17)11-2-3-11)9-10-6-12(16)15-14(7-10)19-4-5-20-15;/h6-7,11,13H,2-5,8-9,17H2,1H3;1H. The van der Waals surface area contributed by atoms with Crippen molar-refractivity contribution in [2.24, 2.45) is 11.7 Å². The first-order valence-electron chi connectivity index (χ1n) is 7.17. The number of benzene rings is 1. The van der Waals surface area contributed by atoms with Crippen LogP contribution in [0, 0.1) is 5.92 Å². The van der Waals surface area contributed by atoms with Gasteiger partial charge in [-0.25, -0.2) is 0 Å². The Hall–Kier alpha value is -0.680. The number of halogens is 2. The van der Waals surface area contributed by atoms with Gasteiger partial charge in [-0.2, -0.15) is 0 Å². The van der Waals surface area contributed by atoms with E-state index in [0.717, 1.165) is 23.8 Å². The van der Waals surface area contributed by atoms with Gasteiger partial charge in [0.25, 0.3) is 0 Å². The van der Waals surface area contributed by atoms with Crippen molar-refractivity contribution < 1.29 is 9.47 Å². The molecule has 1 aliphatic heterocycles. The Kier molecular flexibility index (Phi) is 5.60. The number of nitrogens with two attached hydrogens (primary N) is 1. The Balaban J connectivity index is 0.00000161. The van der Waals surface area contributed by atoms with Crippen LogP contribution in [0.1, 0.15) is 18.4 Å². The highest BCUT2D eigenvalue weighted by molar-refractivity contribution is 6.32. The van der Waals surface area contributed by atoms with Crippen molar-refractivity contribution in [1.29, 1.82) is 0 Å². The quantitative estimate of drug-likeness (QED) is 0.900. The van der Waals surface area contributed by atoms with Crippen LogP contribution in [0.5, 0.6) is 11.5 Å². The van der Waals surface area contributed by atoms with Crippen molar-refractivity contribution in [3.63, 3.8) is 0 Å². The Morgan fingerprint density at radius 2 is 2.05 bits per heavy atom. The second-order valence-electron chi connectivity index (χ2n) is 5.66. The second kappa shape index (κ2) is 7.05. The molecule has 0 saturated heterocycles. The van der Waals surface area contributed by atoms with Gasteiger partial charge < -0.3 is 15.2 Å². The van der Waals surface area contributed by atoms with Crippen molar-refractivity contribution in [3.8, 4) is 11.5 Å². The molecule has 0 amide bonds. The molecule has 0 spiro atoms. The van der Waals surface area contributed by atoms with Gasteiger partial charge >= 0.3 is 0 Å². The minimum Gasteiger partial charge on any atom is -0.486 e. The number of ether oxygens (including phenoxy) is 2. The molecule has 0 bridgehead atoms. The van der Waals surface area contributed by atoms with E-state index in [4.69, 9.17) is 26.8 Å². The number of rotatable bonds is 5. The molecule has 1 fully saturated rings. The normalized spacial score (nSPS) is 18.3. The zero-order valence-electron chi connectivity index (χ0n) is 12.2. The lowest BCUT2D eigenvalue weighted by atomic mass is 10.1. The molecule has 3 rings (SSSR count). The lowest BCUT2D eigenvalue weighted by Gasteiger charge is -2.28. The van der Waals surface area contributed by atoms with Crippen LogP contribution in [-0.4, -0.2) is 37.7 Å². The Bertz CT molecular complexity index is 495. The molecule has 1 unspecified atom stereocenters. The highest BCUT2D eigenvalue weighted by Crippen LogP contribution is 2.39. The highest BCUT2D eigenvalue weighted by Gasteiger charge is 2.32. The van der Waals surface area contributed by atoms with Crippen molar-refractivity contribution in [3.05, 3.63) is 22.7 Å². The maximum absolute atomic E-state index is 6.27. The van der Waals surface area contributed by atoms with E-state index in [2.05, 4.69) is 11.9 Å². The van der Waals surface area contributed by atoms with Gasteiger partial charge in [0.1, 0.15) is 13.2 Å². The average Bonchev–Trinajstić information content (AvgIpc) is 3.24. The molecule has 1 saturated carbocycles. The topological polar surface area (TPSA) is 47.7 Å². The third kappa shape index (κ3) is 3.75. The summed E-state index contributed by atoms with van der Waals surface area (Å²) in [5.74, 6) is 2.18. The summed E-state index contributed by atoms with van der Waals surface area (Å²) in [4.78, 5) is 2.32. The van der Waals surface area contributed by atoms with Crippen molar-refractivity contribution >= 4 is 24.0 Å². The smallest absolute Gasteiger partial charge is 0.179 e. The molecule has 1 heterocycles. The van der Waals surface area contributed by atoms with Gasteiger partial charge in [0.15, 0.2) is 11.5 Å². The summed E-state index contributed by atoms with van der Waals surface area (Å²) in [5.41, 5.74) is 7.04. The molecular formula is C15H22Cl2N2O2. The van der Waals surface area contributed by atoms with Gasteiger partial charge in [-0.3, -0.25) is 4.90 Å². The number of likely N-dealkylation sites (N-methyl/N-ethyl adjacent to an activating group) is 1. The summed E-state index contributed by atoms with van der Waals surface area (Å²) in [6.45, 7) is 2.67. The van der Waals surface area contributed by atoms with Crippen molar-refractivity contribution in [2.45, 2.75) is 25.4 Å². The van der Waals surface area contributed by atoms with E-state index in [-0.39, 0.29) is 12.4 Å². The van der Waals surface area contributed by atoms with Crippen LogP contribution in [0.4, 0.5) is 0 Å². The lowest BCUT2D eigenvalue weighted by Crippen LogP contribution is -2.39. The highest BCUT2D eigenvalue weighted by atomic mass is 35.5. The van der Waals surface area contributed by atoms with E-state index in [1.165, 1.54) is 12.8 Å². The Morgan fingerprint density at radius 3 is 2.71 bits per heavy atom. The molecule has 21 heavy (non-hydrogen) atoms. The van der Waals surface area contributed by atoms with E-state index >= 15 is 0 Å². The molecule has 118 valence electrons. The fraction of sp³-hybridized carbons (Fsp3) is 0.600. The number of fused-ring (bicyclic) bond motifs is 1. The lowest BCUT2D eigenvalue weighted by molar-refractivity contribution is 0.170. The first-order chi connectivity index (χ1) is 9.69. The molecule has 1 atom stereocenters. The minimum atomic E-state index is 0. The summed E-state index contributed by atoms with van der Waals surface area (Å²) >= 11 is 6.27. The largest absolute Gasteiger partial charge is 0.486 e. The van der Waals surface area contributed by atoms with E-state index in [1.807, 2.05) is 12.1 Å². The molecular weight excluding hydrogens is 311 g/mol. The molecule has 2 N–H and O–H groups in total. The fourth-order valence-corrected chi connectivity index (χ4v) is 3.16. The van der Waals surface area contributed by atoms with Crippen LogP contribution in [0.15, 0.2) is 12.1 Å². The maximum Gasteiger partial charge on any atom is 0.179 e. The molecule has 2 aliphatic rings. The van der Waals surface area contributed by atoms with Crippen LogP contribution in [0.25, 0.3) is 0 Å².